The van der Waals surface area contributed by atoms with Crippen LogP contribution in [-0.2, 0) is 5.75 Å². The lowest BCUT2D eigenvalue weighted by atomic mass is 10.3. The number of aromatic nitrogens is 1. The number of rotatable bonds is 5. The molecule has 7 nitrogen and oxygen atoms in total. The van der Waals surface area contributed by atoms with Gasteiger partial charge in [-0.15, -0.1) is 11.8 Å². The van der Waals surface area contributed by atoms with E-state index >= 15 is 0 Å². The topological polar surface area (TPSA) is 106 Å². The number of carboxylic acid groups (broad SMARTS) is 1. The summed E-state index contributed by atoms with van der Waals surface area (Å²) in [7, 11) is 0. The molecule has 2 aromatic rings. The first-order valence-electron chi connectivity index (χ1n) is 5.13. The number of aromatic carboxylic acids is 1. The van der Waals surface area contributed by atoms with Gasteiger partial charge in [-0.2, -0.15) is 0 Å². The summed E-state index contributed by atoms with van der Waals surface area (Å²) in [5.74, 6) is -0.559. The maximum atomic E-state index is 10.8. The van der Waals surface area contributed by atoms with Crippen molar-refractivity contribution in [3.8, 4) is 0 Å². The molecule has 2 rings (SSSR count). The monoisotopic (exact) mass is 280 g/mol. The second kappa shape index (κ2) is 5.53. The van der Waals surface area contributed by atoms with Crippen molar-refractivity contribution in [2.75, 3.05) is 0 Å². The molecule has 1 aromatic heterocycles. The largest absolute Gasteiger partial charge is 0.476 e. The Bertz CT molecular complexity index is 625. The van der Waals surface area contributed by atoms with E-state index < -0.39 is 10.9 Å². The Morgan fingerprint density at radius 2 is 2.21 bits per heavy atom. The van der Waals surface area contributed by atoms with Crippen LogP contribution in [-0.4, -0.2) is 21.2 Å². The molecular formula is C11H8N2O5S. The first kappa shape index (κ1) is 13.1. The zero-order valence-electron chi connectivity index (χ0n) is 9.48. The normalized spacial score (nSPS) is 10.3. The molecule has 0 aliphatic carbocycles. The van der Waals surface area contributed by atoms with Crippen LogP contribution in [0.3, 0.4) is 0 Å². The van der Waals surface area contributed by atoms with Crippen molar-refractivity contribution in [2.24, 2.45) is 0 Å². The molecular weight excluding hydrogens is 272 g/mol. The lowest BCUT2D eigenvalue weighted by Gasteiger charge is -2.00. The molecule has 1 N–H and O–H groups in total. The van der Waals surface area contributed by atoms with E-state index in [4.69, 9.17) is 9.63 Å². The number of hydrogen-bond acceptors (Lipinski definition) is 6. The Morgan fingerprint density at radius 3 is 2.84 bits per heavy atom. The smallest absolute Gasteiger partial charge is 0.358 e. The van der Waals surface area contributed by atoms with Crippen LogP contribution in [0.2, 0.25) is 0 Å². The molecule has 0 spiro atoms. The molecule has 19 heavy (non-hydrogen) atoms. The summed E-state index contributed by atoms with van der Waals surface area (Å²) in [5.41, 5.74) is -0.177. The number of nitro groups is 1. The molecule has 0 radical (unpaired) electrons. The number of carboxylic acids is 1. The zero-order valence-corrected chi connectivity index (χ0v) is 10.3. The molecule has 0 aliphatic heterocycles. The van der Waals surface area contributed by atoms with Crippen LogP contribution >= 0.6 is 11.8 Å². The molecule has 0 atom stereocenters. The van der Waals surface area contributed by atoms with E-state index in [2.05, 4.69) is 5.16 Å². The Morgan fingerprint density at radius 1 is 1.47 bits per heavy atom. The third-order valence-corrected chi connectivity index (χ3v) is 3.30. The highest BCUT2D eigenvalue weighted by molar-refractivity contribution is 7.98. The van der Waals surface area contributed by atoms with Crippen LogP contribution in [0.15, 0.2) is 39.8 Å². The van der Waals surface area contributed by atoms with Gasteiger partial charge in [-0.1, -0.05) is 17.3 Å². The summed E-state index contributed by atoms with van der Waals surface area (Å²) >= 11 is 1.19. The van der Waals surface area contributed by atoms with Gasteiger partial charge in [0.15, 0.2) is 5.69 Å². The van der Waals surface area contributed by atoms with E-state index in [0.29, 0.717) is 10.7 Å². The fourth-order valence-electron chi connectivity index (χ4n) is 1.36. The van der Waals surface area contributed by atoms with Gasteiger partial charge < -0.3 is 9.63 Å². The van der Waals surface area contributed by atoms with Gasteiger partial charge in [0.2, 0.25) is 0 Å². The highest BCUT2D eigenvalue weighted by Crippen LogP contribution is 2.31. The first-order chi connectivity index (χ1) is 9.08. The molecule has 1 aromatic carbocycles. The van der Waals surface area contributed by atoms with Gasteiger partial charge in [-0.3, -0.25) is 10.1 Å². The minimum absolute atomic E-state index is 0.00507. The predicted octanol–water partition coefficient (Wildman–Crippen LogP) is 2.57. The fraction of sp³-hybridized carbons (Fsp3) is 0.0909. The van der Waals surface area contributed by atoms with Crippen molar-refractivity contribution in [1.29, 1.82) is 0 Å². The summed E-state index contributed by atoms with van der Waals surface area (Å²) in [6.07, 6.45) is 0. The van der Waals surface area contributed by atoms with Crippen LogP contribution < -0.4 is 0 Å². The molecule has 1 heterocycles. The van der Waals surface area contributed by atoms with Gasteiger partial charge in [0.25, 0.3) is 5.69 Å². The Labute approximate surface area is 111 Å². The Kier molecular flexibility index (Phi) is 3.81. The van der Waals surface area contributed by atoms with Crippen LogP contribution in [0.5, 0.6) is 0 Å². The number of hydrogen-bond donors (Lipinski definition) is 1. The summed E-state index contributed by atoms with van der Waals surface area (Å²) in [5, 5.41) is 22.9. The Hall–Kier alpha value is -2.35. The molecule has 0 saturated carbocycles. The maximum Gasteiger partial charge on any atom is 0.358 e. The molecule has 0 bridgehead atoms. The van der Waals surface area contributed by atoms with Crippen molar-refractivity contribution in [2.45, 2.75) is 10.6 Å². The minimum Gasteiger partial charge on any atom is -0.476 e. The average Bonchev–Trinajstić information content (AvgIpc) is 2.85. The van der Waals surface area contributed by atoms with Gasteiger partial charge in [0.05, 0.1) is 15.6 Å². The van der Waals surface area contributed by atoms with E-state index in [1.54, 1.807) is 18.2 Å². The van der Waals surface area contributed by atoms with Crippen molar-refractivity contribution >= 4 is 23.4 Å². The highest BCUT2D eigenvalue weighted by atomic mass is 32.2. The number of para-hydroxylation sites is 1. The Balaban J connectivity index is 2.10. The van der Waals surface area contributed by atoms with Crippen molar-refractivity contribution in [3.05, 3.63) is 51.9 Å². The fourth-order valence-corrected chi connectivity index (χ4v) is 2.26. The number of carbonyl (C=O) groups is 1. The summed E-state index contributed by atoms with van der Waals surface area (Å²) in [6.45, 7) is 0. The second-order valence-electron chi connectivity index (χ2n) is 3.50. The molecule has 0 amide bonds. The van der Waals surface area contributed by atoms with Crippen LogP contribution in [0.25, 0.3) is 0 Å². The van der Waals surface area contributed by atoms with Crippen molar-refractivity contribution in [3.63, 3.8) is 0 Å². The lowest BCUT2D eigenvalue weighted by Crippen LogP contribution is -1.94. The van der Waals surface area contributed by atoms with Crippen molar-refractivity contribution in [1.82, 2.24) is 5.16 Å². The van der Waals surface area contributed by atoms with Gasteiger partial charge in [0, 0.05) is 12.1 Å². The molecule has 0 fully saturated rings. The average molecular weight is 280 g/mol. The quantitative estimate of drug-likeness (QED) is 0.509. The van der Waals surface area contributed by atoms with E-state index in [1.807, 2.05) is 0 Å². The van der Waals surface area contributed by atoms with Crippen molar-refractivity contribution < 1.29 is 19.3 Å². The van der Waals surface area contributed by atoms with Gasteiger partial charge >= 0.3 is 5.97 Å². The predicted molar refractivity (Wildman–Crippen MR) is 66.1 cm³/mol. The van der Waals surface area contributed by atoms with Crippen LogP contribution in [0, 0.1) is 10.1 Å². The van der Waals surface area contributed by atoms with E-state index in [9.17, 15) is 14.9 Å². The summed E-state index contributed by atoms with van der Waals surface area (Å²) in [4.78, 5) is 21.4. The van der Waals surface area contributed by atoms with E-state index in [1.165, 1.54) is 23.9 Å². The summed E-state index contributed by atoms with van der Waals surface area (Å²) in [6, 6.07) is 7.60. The zero-order chi connectivity index (χ0) is 13.8. The number of thioether (sulfide) groups is 1. The van der Waals surface area contributed by atoms with Gasteiger partial charge in [0.1, 0.15) is 5.76 Å². The molecule has 0 saturated heterocycles. The van der Waals surface area contributed by atoms with Gasteiger partial charge in [-0.25, -0.2) is 4.79 Å². The van der Waals surface area contributed by atoms with Crippen LogP contribution in [0.4, 0.5) is 5.69 Å². The van der Waals surface area contributed by atoms with E-state index in [-0.39, 0.29) is 17.1 Å². The lowest BCUT2D eigenvalue weighted by molar-refractivity contribution is -0.387. The number of nitrogens with zero attached hydrogens (tertiary/aromatic N) is 2. The minimum atomic E-state index is -1.18. The third-order valence-electron chi connectivity index (χ3n) is 2.21. The van der Waals surface area contributed by atoms with Crippen LogP contribution in [0.1, 0.15) is 16.2 Å². The molecule has 0 unspecified atom stereocenters. The maximum absolute atomic E-state index is 10.8. The SMILES string of the molecule is O=C(O)c1cc(CSc2ccccc2[N+](=O)[O-])on1. The molecule has 8 heteroatoms. The summed E-state index contributed by atoms with van der Waals surface area (Å²) < 4.78 is 4.83. The second-order valence-corrected chi connectivity index (χ2v) is 4.51. The van der Waals surface area contributed by atoms with Gasteiger partial charge in [-0.05, 0) is 6.07 Å². The first-order valence-corrected chi connectivity index (χ1v) is 6.11. The molecule has 0 aliphatic rings. The standard InChI is InChI=1S/C11H8N2O5S/c14-11(15)8-5-7(18-12-8)6-19-10-4-2-1-3-9(10)13(16)17/h1-5H,6H2,(H,14,15). The number of nitro benzene ring substituents is 1. The third kappa shape index (κ3) is 3.10. The van der Waals surface area contributed by atoms with E-state index in [0.717, 1.165) is 0 Å². The number of benzene rings is 1. The highest BCUT2D eigenvalue weighted by Gasteiger charge is 2.15. The molecule has 98 valence electrons.